The standard InChI is InChI=1S/C19H19FN4O3/c20-17-6-14(24-9-15(10-25)27-19(24)26)3-4-16(17)11-1-2-12-7-23(18(21)22)8-13(12)5-11/h1-6,15,25H,7-10H2,(H3,21,22). The topological polar surface area (TPSA) is 103 Å². The third-order valence-electron chi connectivity index (χ3n) is 4.92. The molecule has 0 saturated carbocycles. The summed E-state index contributed by atoms with van der Waals surface area (Å²) < 4.78 is 19.8. The van der Waals surface area contributed by atoms with Crippen LogP contribution in [0.2, 0.25) is 0 Å². The third-order valence-corrected chi connectivity index (χ3v) is 4.92. The number of aliphatic hydroxyl groups excluding tert-OH is 1. The van der Waals surface area contributed by atoms with E-state index in [0.717, 1.165) is 16.7 Å². The largest absolute Gasteiger partial charge is 0.441 e. The lowest BCUT2D eigenvalue weighted by atomic mass is 10.00. The number of nitrogens with one attached hydrogen (secondary N) is 1. The number of guanidine groups is 1. The molecule has 4 rings (SSSR count). The number of carbonyl (C=O) groups excluding carboxylic acids is 1. The second kappa shape index (κ2) is 6.55. The van der Waals surface area contributed by atoms with Gasteiger partial charge in [0.05, 0.1) is 18.8 Å². The van der Waals surface area contributed by atoms with Gasteiger partial charge in [-0.3, -0.25) is 10.3 Å². The highest BCUT2D eigenvalue weighted by Gasteiger charge is 2.32. The molecule has 4 N–H and O–H groups in total. The number of ether oxygens (including phenoxy) is 1. The smallest absolute Gasteiger partial charge is 0.414 e. The minimum Gasteiger partial charge on any atom is -0.441 e. The summed E-state index contributed by atoms with van der Waals surface area (Å²) >= 11 is 0. The van der Waals surface area contributed by atoms with Gasteiger partial charge in [0, 0.05) is 18.7 Å². The van der Waals surface area contributed by atoms with Gasteiger partial charge in [-0.25, -0.2) is 9.18 Å². The number of cyclic esters (lactones) is 1. The Morgan fingerprint density at radius 2 is 2.04 bits per heavy atom. The zero-order valence-electron chi connectivity index (χ0n) is 14.5. The van der Waals surface area contributed by atoms with Gasteiger partial charge in [0.25, 0.3) is 0 Å². The molecule has 0 radical (unpaired) electrons. The molecule has 1 unspecified atom stereocenters. The van der Waals surface area contributed by atoms with Crippen LogP contribution in [0.3, 0.4) is 0 Å². The van der Waals surface area contributed by atoms with Gasteiger partial charge in [0.15, 0.2) is 5.96 Å². The van der Waals surface area contributed by atoms with E-state index in [1.54, 1.807) is 17.0 Å². The Kier molecular flexibility index (Phi) is 4.19. The van der Waals surface area contributed by atoms with Crippen molar-refractivity contribution in [2.24, 2.45) is 5.73 Å². The van der Waals surface area contributed by atoms with E-state index in [4.69, 9.17) is 21.0 Å². The molecule has 2 aromatic rings. The number of rotatable bonds is 3. The van der Waals surface area contributed by atoms with Crippen LogP contribution in [0.25, 0.3) is 11.1 Å². The van der Waals surface area contributed by atoms with Crippen LogP contribution in [0, 0.1) is 11.2 Å². The summed E-state index contributed by atoms with van der Waals surface area (Å²) in [6, 6.07) is 10.3. The number of nitrogens with two attached hydrogens (primary N) is 1. The zero-order valence-corrected chi connectivity index (χ0v) is 14.5. The Morgan fingerprint density at radius 1 is 1.26 bits per heavy atom. The molecule has 2 aromatic carbocycles. The lowest BCUT2D eigenvalue weighted by Crippen LogP contribution is -2.31. The highest BCUT2D eigenvalue weighted by atomic mass is 19.1. The van der Waals surface area contributed by atoms with Crippen LogP contribution in [-0.2, 0) is 17.8 Å². The van der Waals surface area contributed by atoms with Crippen molar-refractivity contribution >= 4 is 17.7 Å². The fraction of sp³-hybridized carbons (Fsp3) is 0.263. The van der Waals surface area contributed by atoms with Crippen molar-refractivity contribution < 1.29 is 19.0 Å². The summed E-state index contributed by atoms with van der Waals surface area (Å²) in [6.45, 7) is 1.03. The number of amides is 1. The molecule has 0 bridgehead atoms. The first-order valence-corrected chi connectivity index (χ1v) is 8.56. The SMILES string of the molecule is N=C(N)N1Cc2ccc(-c3ccc(N4CC(CO)OC4=O)cc3F)cc2C1. The Balaban J connectivity index is 1.60. The predicted molar refractivity (Wildman–Crippen MR) is 97.7 cm³/mol. The average Bonchev–Trinajstić information content (AvgIpc) is 3.24. The fourth-order valence-corrected chi connectivity index (χ4v) is 3.47. The second-order valence-electron chi connectivity index (χ2n) is 6.69. The highest BCUT2D eigenvalue weighted by Crippen LogP contribution is 2.32. The van der Waals surface area contributed by atoms with E-state index in [1.165, 1.54) is 11.0 Å². The molecule has 0 aromatic heterocycles. The number of nitrogens with zero attached hydrogens (tertiary/aromatic N) is 2. The van der Waals surface area contributed by atoms with Crippen molar-refractivity contribution in [2.45, 2.75) is 19.2 Å². The van der Waals surface area contributed by atoms with Gasteiger partial charge in [-0.15, -0.1) is 0 Å². The van der Waals surface area contributed by atoms with Crippen LogP contribution in [0.5, 0.6) is 0 Å². The van der Waals surface area contributed by atoms with Gasteiger partial charge >= 0.3 is 6.09 Å². The minimum absolute atomic E-state index is 0.0157. The van der Waals surface area contributed by atoms with E-state index < -0.39 is 18.0 Å². The van der Waals surface area contributed by atoms with Crippen LogP contribution in [0.1, 0.15) is 11.1 Å². The summed E-state index contributed by atoms with van der Waals surface area (Å²) in [5.41, 5.74) is 9.17. The monoisotopic (exact) mass is 370 g/mol. The van der Waals surface area contributed by atoms with E-state index in [0.29, 0.717) is 24.3 Å². The van der Waals surface area contributed by atoms with E-state index in [9.17, 15) is 9.18 Å². The molecule has 2 aliphatic heterocycles. The van der Waals surface area contributed by atoms with Gasteiger partial charge < -0.3 is 20.5 Å². The van der Waals surface area contributed by atoms with Crippen LogP contribution in [0.15, 0.2) is 36.4 Å². The second-order valence-corrected chi connectivity index (χ2v) is 6.69. The van der Waals surface area contributed by atoms with Crippen LogP contribution in [0.4, 0.5) is 14.9 Å². The molecule has 7 nitrogen and oxygen atoms in total. The van der Waals surface area contributed by atoms with Crippen LogP contribution < -0.4 is 10.6 Å². The molecule has 8 heteroatoms. The molecule has 1 amide bonds. The molecule has 1 atom stereocenters. The zero-order chi connectivity index (χ0) is 19.1. The van der Waals surface area contributed by atoms with Crippen molar-refractivity contribution in [3.63, 3.8) is 0 Å². The van der Waals surface area contributed by atoms with E-state index in [1.807, 2.05) is 18.2 Å². The van der Waals surface area contributed by atoms with E-state index >= 15 is 0 Å². The Labute approximate surface area is 155 Å². The van der Waals surface area contributed by atoms with Crippen molar-refractivity contribution in [3.8, 4) is 11.1 Å². The molecule has 2 heterocycles. The third kappa shape index (κ3) is 3.08. The normalized spacial score (nSPS) is 18.6. The number of anilines is 1. The van der Waals surface area contributed by atoms with Crippen molar-refractivity contribution in [1.29, 1.82) is 5.41 Å². The Bertz CT molecular complexity index is 933. The molecule has 27 heavy (non-hydrogen) atoms. The first-order chi connectivity index (χ1) is 13.0. The molecular weight excluding hydrogens is 351 g/mol. The Morgan fingerprint density at radius 3 is 2.70 bits per heavy atom. The maximum absolute atomic E-state index is 14.8. The minimum atomic E-state index is -0.596. The van der Waals surface area contributed by atoms with Gasteiger partial charge in [-0.2, -0.15) is 0 Å². The highest BCUT2D eigenvalue weighted by molar-refractivity contribution is 5.90. The van der Waals surface area contributed by atoms with Gasteiger partial charge in [0.2, 0.25) is 0 Å². The first kappa shape index (κ1) is 17.3. The summed E-state index contributed by atoms with van der Waals surface area (Å²) in [5.74, 6) is -0.434. The molecule has 0 spiro atoms. The number of fused-ring (bicyclic) bond motifs is 1. The van der Waals surface area contributed by atoms with Gasteiger partial charge in [-0.1, -0.05) is 12.1 Å². The van der Waals surface area contributed by atoms with E-state index in [2.05, 4.69) is 0 Å². The fourth-order valence-electron chi connectivity index (χ4n) is 3.47. The van der Waals surface area contributed by atoms with E-state index in [-0.39, 0.29) is 19.1 Å². The maximum Gasteiger partial charge on any atom is 0.414 e. The summed E-state index contributed by atoms with van der Waals surface area (Å²) in [7, 11) is 0. The van der Waals surface area contributed by atoms with Crippen molar-refractivity contribution in [1.82, 2.24) is 4.90 Å². The first-order valence-electron chi connectivity index (χ1n) is 8.56. The molecule has 1 saturated heterocycles. The van der Waals surface area contributed by atoms with Crippen molar-refractivity contribution in [2.75, 3.05) is 18.1 Å². The Hall–Kier alpha value is -3.13. The van der Waals surface area contributed by atoms with Crippen molar-refractivity contribution in [3.05, 3.63) is 53.3 Å². The maximum atomic E-state index is 14.8. The molecule has 2 aliphatic rings. The predicted octanol–water partition coefficient (Wildman–Crippen LogP) is 2.02. The number of hydrogen-bond donors (Lipinski definition) is 3. The number of benzene rings is 2. The molecule has 1 fully saturated rings. The lowest BCUT2D eigenvalue weighted by Gasteiger charge is -2.14. The number of carbonyl (C=O) groups is 1. The molecule has 140 valence electrons. The van der Waals surface area contributed by atoms with Gasteiger partial charge in [-0.05, 0) is 41.0 Å². The average molecular weight is 370 g/mol. The molecular formula is C19H19FN4O3. The summed E-state index contributed by atoms with van der Waals surface area (Å²) in [5, 5.41) is 16.7. The van der Waals surface area contributed by atoms with Crippen LogP contribution >= 0.6 is 0 Å². The summed E-state index contributed by atoms with van der Waals surface area (Å²) in [4.78, 5) is 14.9. The summed E-state index contributed by atoms with van der Waals surface area (Å²) in [6.07, 6.45) is -1.19. The number of aliphatic hydroxyl groups is 1. The van der Waals surface area contributed by atoms with Gasteiger partial charge in [0.1, 0.15) is 11.9 Å². The quantitative estimate of drug-likeness (QED) is 0.567. The number of hydrogen-bond acceptors (Lipinski definition) is 4. The van der Waals surface area contributed by atoms with Crippen LogP contribution in [-0.4, -0.2) is 41.3 Å². The molecule has 0 aliphatic carbocycles. The lowest BCUT2D eigenvalue weighted by molar-refractivity contribution is 0.0963. The number of halogens is 1.